The monoisotopic (exact) mass is 450 g/mol. The molecule has 0 fully saturated rings. The summed E-state index contributed by atoms with van der Waals surface area (Å²) in [5.74, 6) is -0.727. The van der Waals surface area contributed by atoms with Gasteiger partial charge in [0.1, 0.15) is 17.6 Å². The Bertz CT molecular complexity index is 972. The first-order chi connectivity index (χ1) is 14.4. The molecule has 0 aliphatic carbocycles. The average Bonchev–Trinajstić information content (AvgIpc) is 2.72. The summed E-state index contributed by atoms with van der Waals surface area (Å²) in [4.78, 5) is 35.6. The minimum atomic E-state index is -0.842. The standard InChI is InChI=1S/C22H20Cl2O6/c1-2-28-22(27)17(25)7-4-10-29-19-11-13(23)8-9-15(19)20-12-18(26)14-5-3-6-16(24)21(14)30-20/h3,5-6,8-9,11,20H,2,4,7,10,12H2,1H3. The van der Waals surface area contributed by atoms with Gasteiger partial charge in [-0.2, -0.15) is 0 Å². The lowest BCUT2D eigenvalue weighted by Gasteiger charge is -2.27. The van der Waals surface area contributed by atoms with Gasteiger partial charge in [0.15, 0.2) is 5.78 Å². The zero-order chi connectivity index (χ0) is 21.7. The molecule has 0 bridgehead atoms. The minimum absolute atomic E-state index is 0.0100. The van der Waals surface area contributed by atoms with Crippen molar-refractivity contribution in [3.8, 4) is 11.5 Å². The summed E-state index contributed by atoms with van der Waals surface area (Å²) in [6.45, 7) is 1.97. The summed E-state index contributed by atoms with van der Waals surface area (Å²) in [6.07, 6.45) is -0.121. The van der Waals surface area contributed by atoms with E-state index in [1.54, 1.807) is 43.3 Å². The molecule has 1 aliphatic rings. The molecule has 0 amide bonds. The molecule has 6 nitrogen and oxygen atoms in total. The van der Waals surface area contributed by atoms with Crippen molar-refractivity contribution in [3.05, 3.63) is 57.6 Å². The molecule has 8 heteroatoms. The highest BCUT2D eigenvalue weighted by molar-refractivity contribution is 6.33. The van der Waals surface area contributed by atoms with Crippen molar-refractivity contribution < 1.29 is 28.6 Å². The van der Waals surface area contributed by atoms with Gasteiger partial charge >= 0.3 is 5.97 Å². The third-order valence-electron chi connectivity index (χ3n) is 4.53. The van der Waals surface area contributed by atoms with Crippen molar-refractivity contribution in [3.63, 3.8) is 0 Å². The van der Waals surface area contributed by atoms with E-state index in [9.17, 15) is 14.4 Å². The van der Waals surface area contributed by atoms with Crippen LogP contribution in [0.4, 0.5) is 0 Å². The van der Waals surface area contributed by atoms with Crippen LogP contribution in [0.5, 0.6) is 11.5 Å². The zero-order valence-corrected chi connectivity index (χ0v) is 17.8. The summed E-state index contributed by atoms with van der Waals surface area (Å²) in [7, 11) is 0. The van der Waals surface area contributed by atoms with Crippen LogP contribution < -0.4 is 9.47 Å². The largest absolute Gasteiger partial charge is 0.493 e. The van der Waals surface area contributed by atoms with Crippen LogP contribution in [-0.4, -0.2) is 30.7 Å². The van der Waals surface area contributed by atoms with Gasteiger partial charge in [-0.3, -0.25) is 9.59 Å². The van der Waals surface area contributed by atoms with Crippen molar-refractivity contribution in [2.75, 3.05) is 13.2 Å². The summed E-state index contributed by atoms with van der Waals surface area (Å²) in [6, 6.07) is 10.1. The number of halogens is 2. The Hall–Kier alpha value is -2.57. The van der Waals surface area contributed by atoms with E-state index in [1.807, 2.05) is 0 Å². The number of ether oxygens (including phenoxy) is 3. The van der Waals surface area contributed by atoms with E-state index in [-0.39, 0.29) is 31.8 Å². The second kappa shape index (κ2) is 9.96. The van der Waals surface area contributed by atoms with Crippen molar-refractivity contribution in [1.29, 1.82) is 0 Å². The zero-order valence-electron chi connectivity index (χ0n) is 16.3. The Morgan fingerprint density at radius 2 is 2.00 bits per heavy atom. The molecular weight excluding hydrogens is 431 g/mol. The number of Topliss-reactive ketones (excluding diaryl/α,β-unsaturated/α-hetero) is 2. The summed E-state index contributed by atoms with van der Waals surface area (Å²) < 4.78 is 16.5. The molecule has 30 heavy (non-hydrogen) atoms. The van der Waals surface area contributed by atoms with Crippen molar-refractivity contribution in [2.45, 2.75) is 32.3 Å². The Morgan fingerprint density at radius 3 is 2.77 bits per heavy atom. The predicted molar refractivity (Wildman–Crippen MR) is 112 cm³/mol. The Morgan fingerprint density at radius 1 is 1.20 bits per heavy atom. The molecule has 2 aromatic rings. The van der Waals surface area contributed by atoms with Crippen LogP contribution in [0.3, 0.4) is 0 Å². The third-order valence-corrected chi connectivity index (χ3v) is 5.06. The number of esters is 1. The highest BCUT2D eigenvalue weighted by Crippen LogP contribution is 2.42. The number of carbonyl (C=O) groups excluding carboxylic acids is 3. The molecular formula is C22H20Cl2O6. The topological polar surface area (TPSA) is 78.9 Å². The normalized spacial score (nSPS) is 15.2. The number of ketones is 2. The molecule has 2 aromatic carbocycles. The number of carbonyl (C=O) groups is 3. The van der Waals surface area contributed by atoms with Gasteiger partial charge in [-0.15, -0.1) is 0 Å². The Labute approximate surface area is 184 Å². The second-order valence-electron chi connectivity index (χ2n) is 6.63. The van der Waals surface area contributed by atoms with E-state index in [1.165, 1.54) is 0 Å². The van der Waals surface area contributed by atoms with E-state index in [0.717, 1.165) is 0 Å². The van der Waals surface area contributed by atoms with E-state index in [4.69, 9.17) is 32.7 Å². The van der Waals surface area contributed by atoms with E-state index < -0.39 is 17.9 Å². The highest BCUT2D eigenvalue weighted by atomic mass is 35.5. The fourth-order valence-electron chi connectivity index (χ4n) is 3.11. The van der Waals surface area contributed by atoms with Gasteiger partial charge in [0.25, 0.3) is 0 Å². The van der Waals surface area contributed by atoms with Gasteiger partial charge in [0.2, 0.25) is 5.78 Å². The van der Waals surface area contributed by atoms with Gasteiger partial charge in [0, 0.05) is 17.0 Å². The fraction of sp³-hybridized carbons (Fsp3) is 0.318. The third kappa shape index (κ3) is 5.12. The Kier molecular flexibility index (Phi) is 7.34. The number of fused-ring (bicyclic) bond motifs is 1. The van der Waals surface area contributed by atoms with Crippen LogP contribution in [-0.2, 0) is 14.3 Å². The molecule has 1 aliphatic heterocycles. The lowest BCUT2D eigenvalue weighted by Crippen LogP contribution is -2.21. The van der Waals surface area contributed by atoms with Gasteiger partial charge in [-0.05, 0) is 37.6 Å². The maximum Gasteiger partial charge on any atom is 0.374 e. The molecule has 0 spiro atoms. The number of hydrogen-bond acceptors (Lipinski definition) is 6. The van der Waals surface area contributed by atoms with Gasteiger partial charge < -0.3 is 14.2 Å². The number of benzene rings is 2. The van der Waals surface area contributed by atoms with Crippen LogP contribution in [0.2, 0.25) is 10.0 Å². The van der Waals surface area contributed by atoms with E-state index in [0.29, 0.717) is 39.1 Å². The summed E-state index contributed by atoms with van der Waals surface area (Å²) in [5, 5.41) is 0.816. The quantitative estimate of drug-likeness (QED) is 0.320. The van der Waals surface area contributed by atoms with Crippen LogP contribution in [0.15, 0.2) is 36.4 Å². The average molecular weight is 451 g/mol. The number of para-hydroxylation sites is 1. The first-order valence-electron chi connectivity index (χ1n) is 9.51. The fourth-order valence-corrected chi connectivity index (χ4v) is 3.49. The lowest BCUT2D eigenvalue weighted by atomic mass is 9.96. The molecule has 1 heterocycles. The molecule has 0 N–H and O–H groups in total. The molecule has 0 radical (unpaired) electrons. The van der Waals surface area contributed by atoms with Gasteiger partial charge in [-0.1, -0.05) is 35.3 Å². The van der Waals surface area contributed by atoms with E-state index >= 15 is 0 Å². The van der Waals surface area contributed by atoms with Crippen LogP contribution >= 0.6 is 23.2 Å². The van der Waals surface area contributed by atoms with Crippen LogP contribution in [0, 0.1) is 0 Å². The molecule has 1 atom stereocenters. The van der Waals surface area contributed by atoms with Gasteiger partial charge in [0.05, 0.1) is 30.2 Å². The summed E-state index contributed by atoms with van der Waals surface area (Å²) >= 11 is 12.3. The maximum atomic E-state index is 12.6. The lowest BCUT2D eigenvalue weighted by molar-refractivity contribution is -0.153. The van der Waals surface area contributed by atoms with E-state index in [2.05, 4.69) is 4.74 Å². The summed E-state index contributed by atoms with van der Waals surface area (Å²) in [5.41, 5.74) is 1.10. The Balaban J connectivity index is 1.70. The van der Waals surface area contributed by atoms with Crippen LogP contribution in [0.25, 0.3) is 0 Å². The molecule has 0 aromatic heterocycles. The highest BCUT2D eigenvalue weighted by Gasteiger charge is 2.31. The maximum absolute atomic E-state index is 12.6. The molecule has 0 saturated heterocycles. The molecule has 158 valence electrons. The van der Waals surface area contributed by atoms with Crippen molar-refractivity contribution in [2.24, 2.45) is 0 Å². The van der Waals surface area contributed by atoms with Crippen LogP contribution in [0.1, 0.15) is 48.2 Å². The predicted octanol–water partition coefficient (Wildman–Crippen LogP) is 4.99. The first-order valence-corrected chi connectivity index (χ1v) is 10.3. The minimum Gasteiger partial charge on any atom is -0.493 e. The second-order valence-corrected chi connectivity index (χ2v) is 7.47. The molecule has 3 rings (SSSR count). The number of hydrogen-bond donors (Lipinski definition) is 0. The van der Waals surface area contributed by atoms with Crippen molar-refractivity contribution in [1.82, 2.24) is 0 Å². The smallest absolute Gasteiger partial charge is 0.374 e. The first kappa shape index (κ1) is 22.1. The SMILES string of the molecule is CCOC(=O)C(=O)CCCOc1cc(Cl)ccc1C1CC(=O)c2cccc(Cl)c2O1. The molecule has 0 saturated carbocycles. The molecule has 1 unspecified atom stereocenters. The number of rotatable bonds is 8. The van der Waals surface area contributed by atoms with Gasteiger partial charge in [-0.25, -0.2) is 4.79 Å². The van der Waals surface area contributed by atoms with Crippen molar-refractivity contribution >= 4 is 40.7 Å².